The van der Waals surface area contributed by atoms with Crippen molar-refractivity contribution in [3.63, 3.8) is 0 Å². The number of phosphoric acid groups is 2. The van der Waals surface area contributed by atoms with Gasteiger partial charge in [-0.25, -0.2) is 9.13 Å². The Hall–Kier alpha value is -1.94. The van der Waals surface area contributed by atoms with Crippen LogP contribution in [0.4, 0.5) is 0 Å². The standard InChI is InChI=1S/C76H148O17P2/c1-66(2)52-44-36-28-21-15-12-10-9-11-13-17-25-33-42-50-58-75(80)92-71(62-86-73(78)56-48-40-32-24-20-19-23-30-38-46-54-68(5)6)64-90-94(82,83)88-60-70(77)61-89-95(84,85)91-65-72(63-87-74(79)57-49-41-35-27-31-39-47-55-69(7)8)93-76(81)59-51-43-34-26-18-14-16-22-29-37-45-53-67(3)4/h66-72,77H,9-65H2,1-8H3,(H,82,83)(H,84,85)/t70?,71-,72-/m1/s1. The van der Waals surface area contributed by atoms with Crippen LogP contribution >= 0.6 is 15.6 Å². The van der Waals surface area contributed by atoms with Crippen LogP contribution in [0.25, 0.3) is 0 Å². The van der Waals surface area contributed by atoms with E-state index in [2.05, 4.69) is 55.4 Å². The Morgan fingerprint density at radius 2 is 0.442 bits per heavy atom. The second-order valence-electron chi connectivity index (χ2n) is 29.3. The highest BCUT2D eigenvalue weighted by Gasteiger charge is 2.30. The van der Waals surface area contributed by atoms with Gasteiger partial charge in [-0.05, 0) is 49.4 Å². The number of carbonyl (C=O) groups excluding carboxylic acids is 4. The summed E-state index contributed by atoms with van der Waals surface area (Å²) in [4.78, 5) is 72.8. The van der Waals surface area contributed by atoms with E-state index in [-0.39, 0.29) is 25.7 Å². The molecule has 19 heteroatoms. The molecule has 0 aromatic heterocycles. The summed E-state index contributed by atoms with van der Waals surface area (Å²) in [7, 11) is -9.91. The molecule has 3 N–H and O–H groups in total. The summed E-state index contributed by atoms with van der Waals surface area (Å²) < 4.78 is 68.5. The number of unbranched alkanes of at least 4 members (excludes halogenated alkanes) is 39. The first-order valence-corrected chi connectivity index (χ1v) is 42.2. The van der Waals surface area contributed by atoms with Crippen molar-refractivity contribution in [2.24, 2.45) is 23.7 Å². The van der Waals surface area contributed by atoms with Gasteiger partial charge < -0.3 is 33.8 Å². The second kappa shape index (κ2) is 65.4. The summed E-state index contributed by atoms with van der Waals surface area (Å²) in [5.41, 5.74) is 0. The molecule has 3 unspecified atom stereocenters. The van der Waals surface area contributed by atoms with Gasteiger partial charge in [0.05, 0.1) is 26.4 Å². The zero-order valence-corrected chi connectivity index (χ0v) is 64.1. The fourth-order valence-corrected chi connectivity index (χ4v) is 13.1. The van der Waals surface area contributed by atoms with Crippen LogP contribution in [0.2, 0.25) is 0 Å². The largest absolute Gasteiger partial charge is 0.472 e. The number of hydrogen-bond acceptors (Lipinski definition) is 15. The van der Waals surface area contributed by atoms with Crippen LogP contribution in [-0.2, 0) is 65.4 Å². The molecular weight excluding hydrogens is 1250 g/mol. The maximum absolute atomic E-state index is 13.1. The molecule has 0 aliphatic carbocycles. The number of carbonyl (C=O) groups is 4. The number of rotatable bonds is 73. The summed E-state index contributed by atoms with van der Waals surface area (Å²) in [5, 5.41) is 10.6. The Morgan fingerprint density at radius 3 is 0.653 bits per heavy atom. The zero-order chi connectivity index (χ0) is 70.3. The molecule has 0 saturated heterocycles. The van der Waals surface area contributed by atoms with Gasteiger partial charge in [0.15, 0.2) is 12.2 Å². The minimum absolute atomic E-state index is 0.105. The molecule has 0 aliphatic heterocycles. The van der Waals surface area contributed by atoms with Crippen LogP contribution in [0.1, 0.15) is 383 Å². The lowest BCUT2D eigenvalue weighted by Crippen LogP contribution is -2.30. The monoisotopic (exact) mass is 1400 g/mol. The average molecular weight is 1400 g/mol. The van der Waals surface area contributed by atoms with Crippen LogP contribution in [0.5, 0.6) is 0 Å². The smallest absolute Gasteiger partial charge is 0.462 e. The Bertz CT molecular complexity index is 1870. The molecule has 564 valence electrons. The van der Waals surface area contributed by atoms with Crippen LogP contribution in [0, 0.1) is 23.7 Å². The third kappa shape index (κ3) is 70.3. The molecule has 0 saturated carbocycles. The molecule has 0 rings (SSSR count). The SMILES string of the molecule is CC(C)CCCCCCCCCCCCCCCCCC(=O)O[C@H](COC(=O)CCCCCCCCCCCCC(C)C)COP(=O)(O)OCC(O)COP(=O)(O)OC[C@@H](COC(=O)CCCCCCCCCC(C)C)OC(=O)CCCCCCCCCCCCCC(C)C. The molecule has 0 fully saturated rings. The van der Waals surface area contributed by atoms with E-state index in [1.807, 2.05) is 0 Å². The summed E-state index contributed by atoms with van der Waals surface area (Å²) in [6.45, 7) is 14.2. The van der Waals surface area contributed by atoms with Crippen molar-refractivity contribution < 1.29 is 80.2 Å². The predicted octanol–water partition coefficient (Wildman–Crippen LogP) is 22.0. The molecule has 5 atom stereocenters. The number of hydrogen-bond donors (Lipinski definition) is 3. The van der Waals surface area contributed by atoms with Crippen molar-refractivity contribution in [3.8, 4) is 0 Å². The lowest BCUT2D eigenvalue weighted by Gasteiger charge is -2.21. The summed E-state index contributed by atoms with van der Waals surface area (Å²) in [5.74, 6) is 0.910. The topological polar surface area (TPSA) is 237 Å². The van der Waals surface area contributed by atoms with E-state index >= 15 is 0 Å². The Kier molecular flexibility index (Phi) is 64.0. The van der Waals surface area contributed by atoms with E-state index in [4.69, 9.17) is 37.0 Å². The van der Waals surface area contributed by atoms with Crippen molar-refractivity contribution >= 4 is 39.5 Å². The first-order valence-electron chi connectivity index (χ1n) is 39.2. The van der Waals surface area contributed by atoms with Crippen molar-refractivity contribution in [3.05, 3.63) is 0 Å². The van der Waals surface area contributed by atoms with E-state index in [0.717, 1.165) is 114 Å². The quantitative estimate of drug-likeness (QED) is 0.0222. The van der Waals surface area contributed by atoms with Crippen molar-refractivity contribution in [1.29, 1.82) is 0 Å². The number of aliphatic hydroxyl groups excluding tert-OH is 1. The van der Waals surface area contributed by atoms with Crippen LogP contribution in [0.15, 0.2) is 0 Å². The molecule has 95 heavy (non-hydrogen) atoms. The lowest BCUT2D eigenvalue weighted by atomic mass is 10.0. The van der Waals surface area contributed by atoms with Gasteiger partial charge in [-0.1, -0.05) is 331 Å². The van der Waals surface area contributed by atoms with Gasteiger partial charge in [0, 0.05) is 25.7 Å². The third-order valence-electron chi connectivity index (χ3n) is 17.6. The van der Waals surface area contributed by atoms with E-state index < -0.39 is 97.5 Å². The van der Waals surface area contributed by atoms with Crippen molar-refractivity contribution in [2.45, 2.75) is 401 Å². The predicted molar refractivity (Wildman–Crippen MR) is 386 cm³/mol. The fourth-order valence-electron chi connectivity index (χ4n) is 11.6. The summed E-state index contributed by atoms with van der Waals surface area (Å²) in [6.07, 6.45) is 50.0. The maximum atomic E-state index is 13.1. The summed E-state index contributed by atoms with van der Waals surface area (Å²) in [6, 6.07) is 0. The second-order valence-corrected chi connectivity index (χ2v) is 32.2. The highest BCUT2D eigenvalue weighted by Crippen LogP contribution is 2.45. The Labute approximate surface area is 581 Å². The molecular formula is C76H148O17P2. The lowest BCUT2D eigenvalue weighted by molar-refractivity contribution is -0.161. The Balaban J connectivity index is 5.25. The number of aliphatic hydroxyl groups is 1. The maximum Gasteiger partial charge on any atom is 0.472 e. The molecule has 0 aromatic carbocycles. The van der Waals surface area contributed by atoms with Crippen LogP contribution in [-0.4, -0.2) is 96.7 Å². The number of ether oxygens (including phenoxy) is 4. The molecule has 0 spiro atoms. The molecule has 0 heterocycles. The molecule has 0 aromatic rings. The minimum atomic E-state index is -4.96. The Morgan fingerprint density at radius 1 is 0.263 bits per heavy atom. The van der Waals surface area contributed by atoms with E-state index in [1.165, 1.54) is 180 Å². The van der Waals surface area contributed by atoms with Gasteiger partial charge in [-0.2, -0.15) is 0 Å². The van der Waals surface area contributed by atoms with E-state index in [0.29, 0.717) is 31.6 Å². The average Bonchev–Trinajstić information content (AvgIpc) is 1.31. The van der Waals surface area contributed by atoms with Crippen LogP contribution < -0.4 is 0 Å². The molecule has 0 amide bonds. The van der Waals surface area contributed by atoms with Gasteiger partial charge in [-0.15, -0.1) is 0 Å². The highest BCUT2D eigenvalue weighted by atomic mass is 31.2. The molecule has 0 aliphatic rings. The molecule has 17 nitrogen and oxygen atoms in total. The highest BCUT2D eigenvalue weighted by molar-refractivity contribution is 7.47. The van der Waals surface area contributed by atoms with E-state index in [1.54, 1.807) is 0 Å². The molecule has 0 radical (unpaired) electrons. The van der Waals surface area contributed by atoms with Gasteiger partial charge in [0.1, 0.15) is 19.3 Å². The first-order chi connectivity index (χ1) is 45.6. The third-order valence-corrected chi connectivity index (χ3v) is 19.5. The van der Waals surface area contributed by atoms with Crippen molar-refractivity contribution in [2.75, 3.05) is 39.6 Å². The van der Waals surface area contributed by atoms with Gasteiger partial charge in [0.25, 0.3) is 0 Å². The zero-order valence-electron chi connectivity index (χ0n) is 62.3. The minimum Gasteiger partial charge on any atom is -0.462 e. The fraction of sp³-hybridized carbons (Fsp3) is 0.947. The molecule has 0 bridgehead atoms. The number of phosphoric ester groups is 2. The van der Waals surface area contributed by atoms with Gasteiger partial charge >= 0.3 is 39.5 Å². The van der Waals surface area contributed by atoms with Gasteiger partial charge in [0.2, 0.25) is 0 Å². The summed E-state index contributed by atoms with van der Waals surface area (Å²) >= 11 is 0. The normalized spacial score (nSPS) is 14.1. The van der Waals surface area contributed by atoms with Crippen LogP contribution in [0.3, 0.4) is 0 Å². The number of esters is 4. The first kappa shape index (κ1) is 93.1. The van der Waals surface area contributed by atoms with Gasteiger partial charge in [-0.3, -0.25) is 37.3 Å². The van der Waals surface area contributed by atoms with E-state index in [9.17, 15) is 43.2 Å². The van der Waals surface area contributed by atoms with Crippen molar-refractivity contribution in [1.82, 2.24) is 0 Å².